The zero-order chi connectivity index (χ0) is 13.4. The first kappa shape index (κ1) is 13.5. The van der Waals surface area contributed by atoms with Crippen molar-refractivity contribution in [2.24, 2.45) is 0 Å². The first-order valence-electron chi connectivity index (χ1n) is 6.28. The Bertz CT molecular complexity index is 370. The summed E-state index contributed by atoms with van der Waals surface area (Å²) < 4.78 is 0.203. The molecule has 2 N–H and O–H groups in total. The molecule has 1 saturated carbocycles. The minimum absolute atomic E-state index is 0.203. The molecule has 2 rings (SSSR count). The maximum Gasteiger partial charge on any atom is 0.329 e. The summed E-state index contributed by atoms with van der Waals surface area (Å²) in [6.45, 7) is 2.80. The third-order valence-corrected chi connectivity index (χ3v) is 5.57. The Morgan fingerprint density at radius 3 is 2.56 bits per heavy atom. The number of urea groups is 1. The van der Waals surface area contributed by atoms with Crippen LogP contribution in [0.1, 0.15) is 32.6 Å². The van der Waals surface area contributed by atoms with Gasteiger partial charge in [-0.2, -0.15) is 11.8 Å². The van der Waals surface area contributed by atoms with Crippen LogP contribution in [0.15, 0.2) is 0 Å². The van der Waals surface area contributed by atoms with Crippen molar-refractivity contribution >= 4 is 23.8 Å². The monoisotopic (exact) mass is 272 g/mol. The van der Waals surface area contributed by atoms with Crippen LogP contribution in [-0.4, -0.2) is 51.6 Å². The highest BCUT2D eigenvalue weighted by Gasteiger charge is 2.47. The van der Waals surface area contributed by atoms with Gasteiger partial charge >= 0.3 is 12.0 Å². The minimum Gasteiger partial charge on any atom is -0.480 e. The van der Waals surface area contributed by atoms with Gasteiger partial charge in [0.15, 0.2) is 0 Å². The number of carbonyl (C=O) groups excluding carboxylic acids is 1. The summed E-state index contributed by atoms with van der Waals surface area (Å²) in [5.41, 5.74) is -1.04. The zero-order valence-electron chi connectivity index (χ0n) is 10.9. The normalized spacial score (nSPS) is 29.1. The Morgan fingerprint density at radius 2 is 2.06 bits per heavy atom. The third kappa shape index (κ3) is 2.30. The summed E-state index contributed by atoms with van der Waals surface area (Å²) in [7, 11) is 0. The summed E-state index contributed by atoms with van der Waals surface area (Å²) in [5.74, 6) is -0.916. The number of nitrogens with one attached hydrogen (secondary N) is 1. The maximum atomic E-state index is 12.1. The van der Waals surface area contributed by atoms with Gasteiger partial charge < -0.3 is 15.3 Å². The number of carbonyl (C=O) groups is 2. The molecule has 1 saturated heterocycles. The first-order valence-corrected chi connectivity index (χ1v) is 7.50. The number of amides is 2. The van der Waals surface area contributed by atoms with E-state index in [-0.39, 0.29) is 10.8 Å². The molecular formula is C12H20N2O3S. The number of aliphatic carboxylic acids is 1. The molecule has 1 aliphatic heterocycles. The quantitative estimate of drug-likeness (QED) is 0.814. The van der Waals surface area contributed by atoms with Crippen molar-refractivity contribution < 1.29 is 14.7 Å². The van der Waals surface area contributed by atoms with E-state index in [1.807, 2.05) is 0 Å². The lowest BCUT2D eigenvalue weighted by Gasteiger charge is -2.31. The molecule has 102 valence electrons. The molecular weight excluding hydrogens is 252 g/mol. The van der Waals surface area contributed by atoms with Crippen molar-refractivity contribution in [3.8, 4) is 0 Å². The van der Waals surface area contributed by atoms with E-state index in [1.165, 1.54) is 4.90 Å². The second-order valence-corrected chi connectivity index (χ2v) is 6.65. The molecule has 0 radical (unpaired) electrons. The smallest absolute Gasteiger partial charge is 0.329 e. The van der Waals surface area contributed by atoms with Crippen molar-refractivity contribution in [3.63, 3.8) is 0 Å². The second-order valence-electron chi connectivity index (χ2n) is 5.38. The fraction of sp³-hybridized carbons (Fsp3) is 0.833. The molecule has 0 spiro atoms. The number of hydrogen-bond donors (Lipinski definition) is 2. The molecule has 2 fully saturated rings. The van der Waals surface area contributed by atoms with Crippen LogP contribution in [0.4, 0.5) is 4.79 Å². The molecule has 2 aliphatic rings. The summed E-state index contributed by atoms with van der Waals surface area (Å²) in [4.78, 5) is 24.8. The van der Waals surface area contributed by atoms with Gasteiger partial charge in [-0.1, -0.05) is 0 Å². The van der Waals surface area contributed by atoms with Crippen LogP contribution in [0.3, 0.4) is 0 Å². The lowest BCUT2D eigenvalue weighted by Crippen LogP contribution is -2.54. The Balaban J connectivity index is 1.94. The molecule has 6 heteroatoms. The Labute approximate surface area is 111 Å². The van der Waals surface area contributed by atoms with Gasteiger partial charge in [-0.15, -0.1) is 0 Å². The van der Waals surface area contributed by atoms with Crippen LogP contribution in [-0.2, 0) is 4.79 Å². The van der Waals surface area contributed by atoms with Crippen molar-refractivity contribution in [1.29, 1.82) is 0 Å². The summed E-state index contributed by atoms with van der Waals surface area (Å²) >= 11 is 1.78. The molecule has 0 aromatic rings. The first-order chi connectivity index (χ1) is 8.43. The zero-order valence-corrected chi connectivity index (χ0v) is 11.7. The van der Waals surface area contributed by atoms with Crippen LogP contribution >= 0.6 is 11.8 Å². The molecule has 2 amide bonds. The highest BCUT2D eigenvalue weighted by molar-refractivity contribution is 8.00. The van der Waals surface area contributed by atoms with Gasteiger partial charge in [-0.05, 0) is 38.9 Å². The average molecular weight is 272 g/mol. The number of carboxylic acids is 1. The summed E-state index contributed by atoms with van der Waals surface area (Å²) in [5, 5.41) is 12.1. The van der Waals surface area contributed by atoms with Gasteiger partial charge in [0, 0.05) is 17.8 Å². The van der Waals surface area contributed by atoms with Crippen LogP contribution in [0.2, 0.25) is 0 Å². The standard InChI is InChI=1S/C12H20N2O3S/c1-11(9(15)16)4-3-7-14(11)10(17)13-8-12(18-2)5-6-12/h3-8H2,1-2H3,(H,13,17)(H,15,16). The Hall–Kier alpha value is -0.910. The number of likely N-dealkylation sites (tertiary alicyclic amines) is 1. The molecule has 1 atom stereocenters. The van der Waals surface area contributed by atoms with E-state index in [1.54, 1.807) is 18.7 Å². The molecule has 5 nitrogen and oxygen atoms in total. The summed E-state index contributed by atoms with van der Waals surface area (Å²) in [6.07, 6.45) is 5.60. The van der Waals surface area contributed by atoms with E-state index in [9.17, 15) is 14.7 Å². The van der Waals surface area contributed by atoms with Gasteiger partial charge in [-0.25, -0.2) is 9.59 Å². The van der Waals surface area contributed by atoms with Crippen LogP contribution < -0.4 is 5.32 Å². The number of thioether (sulfide) groups is 1. The van der Waals surface area contributed by atoms with Gasteiger partial charge in [0.1, 0.15) is 5.54 Å². The lowest BCUT2D eigenvalue weighted by atomic mass is 10.00. The largest absolute Gasteiger partial charge is 0.480 e. The molecule has 0 bridgehead atoms. The van der Waals surface area contributed by atoms with E-state index >= 15 is 0 Å². The second kappa shape index (κ2) is 4.64. The highest BCUT2D eigenvalue weighted by atomic mass is 32.2. The Morgan fingerprint density at radius 1 is 1.39 bits per heavy atom. The number of nitrogens with zero attached hydrogens (tertiary/aromatic N) is 1. The van der Waals surface area contributed by atoms with Crippen molar-refractivity contribution in [3.05, 3.63) is 0 Å². The van der Waals surface area contributed by atoms with Gasteiger partial charge in [0.25, 0.3) is 0 Å². The van der Waals surface area contributed by atoms with Gasteiger partial charge in [-0.3, -0.25) is 0 Å². The predicted octanol–water partition coefficient (Wildman–Crippen LogP) is 1.53. The highest BCUT2D eigenvalue weighted by Crippen LogP contribution is 2.46. The predicted molar refractivity (Wildman–Crippen MR) is 70.9 cm³/mol. The summed E-state index contributed by atoms with van der Waals surface area (Å²) in [6, 6.07) is -0.238. The average Bonchev–Trinajstić information content (AvgIpc) is 3.02. The molecule has 1 heterocycles. The van der Waals surface area contributed by atoms with Crippen LogP contribution in [0.25, 0.3) is 0 Å². The fourth-order valence-electron chi connectivity index (χ4n) is 2.44. The van der Waals surface area contributed by atoms with E-state index in [2.05, 4.69) is 11.6 Å². The number of rotatable bonds is 4. The van der Waals surface area contributed by atoms with Gasteiger partial charge in [0.05, 0.1) is 0 Å². The van der Waals surface area contributed by atoms with E-state index in [0.29, 0.717) is 19.5 Å². The number of carboxylic acid groups (broad SMARTS) is 1. The lowest BCUT2D eigenvalue weighted by molar-refractivity contribution is -0.147. The maximum absolute atomic E-state index is 12.1. The van der Waals surface area contributed by atoms with E-state index < -0.39 is 11.5 Å². The molecule has 0 aromatic heterocycles. The molecule has 18 heavy (non-hydrogen) atoms. The van der Waals surface area contributed by atoms with Crippen molar-refractivity contribution in [1.82, 2.24) is 10.2 Å². The topological polar surface area (TPSA) is 69.6 Å². The van der Waals surface area contributed by atoms with Crippen LogP contribution in [0.5, 0.6) is 0 Å². The van der Waals surface area contributed by atoms with E-state index in [0.717, 1.165) is 19.3 Å². The Kier molecular flexibility index (Phi) is 3.49. The van der Waals surface area contributed by atoms with Crippen molar-refractivity contribution in [2.75, 3.05) is 19.3 Å². The number of hydrogen-bond acceptors (Lipinski definition) is 3. The molecule has 1 unspecified atom stereocenters. The molecule has 1 aliphatic carbocycles. The van der Waals surface area contributed by atoms with Crippen LogP contribution in [0, 0.1) is 0 Å². The fourth-order valence-corrected chi connectivity index (χ4v) is 3.16. The third-order valence-electron chi connectivity index (χ3n) is 4.15. The van der Waals surface area contributed by atoms with E-state index in [4.69, 9.17) is 0 Å². The SMILES string of the molecule is CSC1(CNC(=O)N2CCCC2(C)C(=O)O)CC1. The van der Waals surface area contributed by atoms with Gasteiger partial charge in [0.2, 0.25) is 0 Å². The molecule has 0 aromatic carbocycles. The minimum atomic E-state index is -1.04. The van der Waals surface area contributed by atoms with Crippen molar-refractivity contribution in [2.45, 2.75) is 42.9 Å².